The number of fused-ring (bicyclic) bond motifs is 1. The second kappa shape index (κ2) is 2.95. The molecule has 0 radical (unpaired) electrons. The minimum absolute atomic E-state index is 0.129. The van der Waals surface area contributed by atoms with Gasteiger partial charge in [-0.15, -0.1) is 0 Å². The predicted octanol–water partition coefficient (Wildman–Crippen LogP) is 3.00. The zero-order valence-electron chi connectivity index (χ0n) is 6.64. The average Bonchev–Trinajstić information content (AvgIpc) is 2.08. The molecule has 0 fully saturated rings. The van der Waals surface area contributed by atoms with Crippen LogP contribution in [0.2, 0.25) is 5.02 Å². The number of benzene rings is 1. The van der Waals surface area contributed by atoms with Crippen LogP contribution in [0.3, 0.4) is 0 Å². The maximum atomic E-state index is 12.6. The molecule has 1 atom stereocenters. The summed E-state index contributed by atoms with van der Waals surface area (Å²) in [4.78, 5) is 0. The monoisotopic (exact) mass is 224 g/mol. The van der Waals surface area contributed by atoms with Gasteiger partial charge in [-0.1, -0.05) is 11.6 Å². The van der Waals surface area contributed by atoms with Gasteiger partial charge >= 0.3 is 12.5 Å². The van der Waals surface area contributed by atoms with Crippen LogP contribution in [0.1, 0.15) is 0 Å². The summed E-state index contributed by atoms with van der Waals surface area (Å²) in [5.41, 5.74) is 0. The van der Waals surface area contributed by atoms with Gasteiger partial charge in [-0.3, -0.25) is 0 Å². The van der Waals surface area contributed by atoms with Gasteiger partial charge < -0.3 is 9.47 Å². The molecule has 0 aliphatic carbocycles. The van der Waals surface area contributed by atoms with Crippen molar-refractivity contribution in [2.75, 3.05) is 0 Å². The lowest BCUT2D eigenvalue weighted by molar-refractivity contribution is -0.281. The van der Waals surface area contributed by atoms with Gasteiger partial charge in [0.05, 0.1) is 0 Å². The summed E-state index contributed by atoms with van der Waals surface area (Å²) >= 11 is 5.55. The first-order chi connectivity index (χ1) is 6.49. The molecule has 1 aliphatic rings. The first-order valence-electron chi connectivity index (χ1n) is 3.66. The third kappa shape index (κ3) is 1.48. The van der Waals surface area contributed by atoms with E-state index >= 15 is 0 Å². The van der Waals surface area contributed by atoms with Gasteiger partial charge in [-0.05, 0) is 12.1 Å². The van der Waals surface area contributed by atoms with E-state index < -0.39 is 12.5 Å². The Morgan fingerprint density at radius 1 is 1.29 bits per heavy atom. The third-order valence-electron chi connectivity index (χ3n) is 1.65. The molecular formula is C8H4ClF3O2. The van der Waals surface area contributed by atoms with Crippen molar-refractivity contribution in [1.29, 1.82) is 0 Å². The van der Waals surface area contributed by atoms with E-state index in [-0.39, 0.29) is 16.5 Å². The normalized spacial score (nSPS) is 23.3. The second-order valence-corrected chi connectivity index (χ2v) is 3.13. The molecule has 0 spiro atoms. The van der Waals surface area contributed by atoms with Gasteiger partial charge in [0.2, 0.25) is 0 Å². The van der Waals surface area contributed by atoms with Crippen LogP contribution >= 0.6 is 11.6 Å². The summed E-state index contributed by atoms with van der Waals surface area (Å²) < 4.78 is 46.3. The van der Waals surface area contributed by atoms with Crippen molar-refractivity contribution in [3.63, 3.8) is 0 Å². The Bertz CT molecular complexity index is 370. The molecule has 0 aromatic heterocycles. The minimum Gasteiger partial charge on any atom is -0.447 e. The Hall–Kier alpha value is -1.10. The fourth-order valence-corrected chi connectivity index (χ4v) is 1.19. The van der Waals surface area contributed by atoms with Crippen LogP contribution in [-0.4, -0.2) is 12.5 Å². The molecule has 0 saturated heterocycles. The van der Waals surface area contributed by atoms with E-state index in [2.05, 4.69) is 9.47 Å². The largest absolute Gasteiger partial charge is 0.468 e. The zero-order chi connectivity index (χ0) is 10.3. The number of hydrogen-bond acceptors (Lipinski definition) is 2. The average molecular weight is 225 g/mol. The molecule has 0 amide bonds. The minimum atomic E-state index is -3.96. The predicted molar refractivity (Wildman–Crippen MR) is 42.6 cm³/mol. The van der Waals surface area contributed by atoms with Crippen LogP contribution in [0.25, 0.3) is 0 Å². The van der Waals surface area contributed by atoms with Crippen molar-refractivity contribution in [2.24, 2.45) is 0 Å². The van der Waals surface area contributed by atoms with Crippen molar-refractivity contribution < 1.29 is 22.6 Å². The summed E-state index contributed by atoms with van der Waals surface area (Å²) in [6.45, 7) is 0. The summed E-state index contributed by atoms with van der Waals surface area (Å²) in [7, 11) is 0. The molecule has 1 unspecified atom stereocenters. The molecule has 76 valence electrons. The maximum absolute atomic E-state index is 12.6. The Kier molecular flexibility index (Phi) is 1.99. The van der Waals surface area contributed by atoms with Crippen molar-refractivity contribution in [3.8, 4) is 11.5 Å². The first-order valence-corrected chi connectivity index (χ1v) is 4.04. The SMILES string of the molecule is FC1Oc2cc(Cl)ccc2OC1(F)F. The number of rotatable bonds is 0. The van der Waals surface area contributed by atoms with Crippen LogP contribution in [0.15, 0.2) is 18.2 Å². The molecule has 14 heavy (non-hydrogen) atoms. The lowest BCUT2D eigenvalue weighted by atomic mass is 10.3. The van der Waals surface area contributed by atoms with E-state index in [0.717, 1.165) is 0 Å². The number of hydrogen-bond donors (Lipinski definition) is 0. The summed E-state index contributed by atoms with van der Waals surface area (Å²) in [5, 5.41) is 0.254. The van der Waals surface area contributed by atoms with Crippen molar-refractivity contribution in [1.82, 2.24) is 0 Å². The van der Waals surface area contributed by atoms with E-state index in [9.17, 15) is 13.2 Å². The molecule has 0 N–H and O–H groups in total. The van der Waals surface area contributed by atoms with Crippen LogP contribution in [0, 0.1) is 0 Å². The topological polar surface area (TPSA) is 18.5 Å². The van der Waals surface area contributed by atoms with E-state index in [1.165, 1.54) is 18.2 Å². The number of halogens is 4. The van der Waals surface area contributed by atoms with E-state index in [1.807, 2.05) is 0 Å². The Balaban J connectivity index is 2.41. The van der Waals surface area contributed by atoms with Gasteiger partial charge in [0, 0.05) is 11.1 Å². The quantitative estimate of drug-likeness (QED) is 0.674. The van der Waals surface area contributed by atoms with Gasteiger partial charge in [0.15, 0.2) is 11.5 Å². The highest BCUT2D eigenvalue weighted by Gasteiger charge is 2.49. The molecule has 0 bridgehead atoms. The lowest BCUT2D eigenvalue weighted by Crippen LogP contribution is -2.43. The van der Waals surface area contributed by atoms with Gasteiger partial charge in [-0.2, -0.15) is 13.2 Å². The first kappa shape index (κ1) is 9.45. The smallest absolute Gasteiger partial charge is 0.447 e. The fourth-order valence-electron chi connectivity index (χ4n) is 1.03. The molecule has 1 aromatic rings. The van der Waals surface area contributed by atoms with Crippen molar-refractivity contribution >= 4 is 11.6 Å². The highest BCUT2D eigenvalue weighted by molar-refractivity contribution is 6.30. The fraction of sp³-hybridized carbons (Fsp3) is 0.250. The third-order valence-corrected chi connectivity index (χ3v) is 1.88. The van der Waals surface area contributed by atoms with Crippen LogP contribution in [0.5, 0.6) is 11.5 Å². The highest BCUT2D eigenvalue weighted by atomic mass is 35.5. The summed E-state index contributed by atoms with van der Waals surface area (Å²) in [5.74, 6) is -0.357. The van der Waals surface area contributed by atoms with E-state index in [4.69, 9.17) is 11.6 Å². The maximum Gasteiger partial charge on any atom is 0.468 e. The summed E-state index contributed by atoms with van der Waals surface area (Å²) in [6.07, 6.45) is -6.77. The van der Waals surface area contributed by atoms with Crippen molar-refractivity contribution in [3.05, 3.63) is 23.2 Å². The second-order valence-electron chi connectivity index (χ2n) is 2.69. The van der Waals surface area contributed by atoms with Gasteiger partial charge in [0.1, 0.15) is 0 Å². The highest BCUT2D eigenvalue weighted by Crippen LogP contribution is 2.41. The van der Waals surface area contributed by atoms with Gasteiger partial charge in [-0.25, -0.2) is 0 Å². The molecule has 2 rings (SSSR count). The van der Waals surface area contributed by atoms with Crippen LogP contribution < -0.4 is 9.47 Å². The number of ether oxygens (including phenoxy) is 2. The molecule has 1 aliphatic heterocycles. The molecule has 0 saturated carbocycles. The number of alkyl halides is 3. The molecule has 1 aromatic carbocycles. The molecule has 1 heterocycles. The lowest BCUT2D eigenvalue weighted by Gasteiger charge is -2.28. The summed E-state index contributed by atoms with van der Waals surface area (Å²) in [6, 6.07) is 3.74. The zero-order valence-corrected chi connectivity index (χ0v) is 7.39. The Morgan fingerprint density at radius 2 is 2.00 bits per heavy atom. The standard InChI is InChI=1S/C8H4ClF3O2/c9-4-1-2-5-6(3-4)13-7(10)8(11,12)14-5/h1-3,7H. The molecule has 2 nitrogen and oxygen atoms in total. The van der Waals surface area contributed by atoms with Gasteiger partial charge in [0.25, 0.3) is 0 Å². The molecule has 6 heteroatoms. The van der Waals surface area contributed by atoms with Crippen molar-refractivity contribution in [2.45, 2.75) is 12.5 Å². The van der Waals surface area contributed by atoms with E-state index in [0.29, 0.717) is 0 Å². The Morgan fingerprint density at radius 3 is 2.71 bits per heavy atom. The van der Waals surface area contributed by atoms with Crippen LogP contribution in [-0.2, 0) is 0 Å². The van der Waals surface area contributed by atoms with Crippen LogP contribution in [0.4, 0.5) is 13.2 Å². The Labute approximate surface area is 82.2 Å². The molecular weight excluding hydrogens is 221 g/mol. The van der Waals surface area contributed by atoms with E-state index in [1.54, 1.807) is 0 Å².